The van der Waals surface area contributed by atoms with Gasteiger partial charge in [-0.1, -0.05) is 30.3 Å². The molecule has 0 saturated carbocycles. The first-order valence-electron chi connectivity index (χ1n) is 11.2. The largest absolute Gasteiger partial charge is 0.431 e. The van der Waals surface area contributed by atoms with Gasteiger partial charge in [-0.25, -0.2) is 9.78 Å². The number of nitrogens with zero attached hydrogens (tertiary/aromatic N) is 4. The quantitative estimate of drug-likeness (QED) is 0.591. The van der Waals surface area contributed by atoms with Crippen molar-refractivity contribution in [2.45, 2.75) is 44.4 Å². The van der Waals surface area contributed by atoms with Gasteiger partial charge in [0.05, 0.1) is 11.7 Å². The Labute approximate surface area is 195 Å². The number of urea groups is 1. The van der Waals surface area contributed by atoms with Crippen LogP contribution in [0.4, 0.5) is 19.4 Å². The van der Waals surface area contributed by atoms with Gasteiger partial charge in [0.2, 0.25) is 0 Å². The number of nitrogens with two attached hydrogens (primary N) is 1. The van der Waals surface area contributed by atoms with Crippen molar-refractivity contribution >= 4 is 11.8 Å². The molecule has 2 aliphatic rings. The van der Waals surface area contributed by atoms with E-state index >= 15 is 0 Å². The zero-order valence-electron chi connectivity index (χ0n) is 18.7. The lowest BCUT2D eigenvalue weighted by molar-refractivity contribution is -0.0494. The smallest absolute Gasteiger partial charge is 0.387 e. The number of carbonyl (C=O) groups excluding carboxylic acids is 1. The molecule has 1 unspecified atom stereocenters. The predicted octanol–water partition coefficient (Wildman–Crippen LogP) is 3.95. The average Bonchev–Trinajstić information content (AvgIpc) is 3.52. The number of nitrogen functional groups attached to an aromatic ring is 1. The number of likely N-dealkylation sites (tertiary alicyclic amines) is 1. The number of anilines is 1. The fourth-order valence-electron chi connectivity index (χ4n) is 4.95. The van der Waals surface area contributed by atoms with Gasteiger partial charge in [0.1, 0.15) is 0 Å². The molecule has 4 heterocycles. The molecular weight excluding hydrogens is 442 g/mol. The number of alkyl halides is 2. The number of halogens is 2. The third-order valence-corrected chi connectivity index (χ3v) is 6.80. The molecule has 10 heteroatoms. The van der Waals surface area contributed by atoms with Gasteiger partial charge < -0.3 is 20.7 Å². The third kappa shape index (κ3) is 4.04. The van der Waals surface area contributed by atoms with E-state index in [-0.39, 0.29) is 29.1 Å². The Bertz CT molecular complexity index is 1200. The summed E-state index contributed by atoms with van der Waals surface area (Å²) >= 11 is 0. The molecule has 2 aromatic heterocycles. The van der Waals surface area contributed by atoms with Crippen molar-refractivity contribution in [1.82, 2.24) is 25.0 Å². The molecule has 0 aliphatic carbocycles. The number of hydrogen-bond donors (Lipinski definition) is 2. The summed E-state index contributed by atoms with van der Waals surface area (Å²) in [5, 5.41) is 7.76. The van der Waals surface area contributed by atoms with Crippen molar-refractivity contribution in [3.8, 4) is 17.0 Å². The van der Waals surface area contributed by atoms with Crippen LogP contribution < -0.4 is 15.8 Å². The Hall–Kier alpha value is -3.69. The molecule has 3 aromatic rings. The molecule has 1 saturated heterocycles. The number of benzene rings is 1. The van der Waals surface area contributed by atoms with E-state index in [1.54, 1.807) is 0 Å². The molecule has 1 spiro atoms. The van der Waals surface area contributed by atoms with Gasteiger partial charge in [-0.05, 0) is 37.5 Å². The van der Waals surface area contributed by atoms with Crippen molar-refractivity contribution in [2.24, 2.45) is 0 Å². The number of pyridine rings is 1. The Morgan fingerprint density at radius 2 is 1.97 bits per heavy atom. The maximum absolute atomic E-state index is 13.0. The molecule has 2 atom stereocenters. The summed E-state index contributed by atoms with van der Waals surface area (Å²) in [5.74, 6) is -0.277. The number of carbonyl (C=O) groups is 1. The number of amides is 2. The number of hydrogen-bond acceptors (Lipinski definition) is 5. The number of ether oxygens (including phenoxy) is 1. The second-order valence-electron chi connectivity index (χ2n) is 8.91. The van der Waals surface area contributed by atoms with E-state index in [0.717, 1.165) is 30.6 Å². The second kappa shape index (κ2) is 8.58. The first-order valence-corrected chi connectivity index (χ1v) is 11.2. The third-order valence-electron chi connectivity index (χ3n) is 6.80. The number of rotatable bonds is 5. The normalized spacial score (nSPS) is 20.1. The fraction of sp³-hybridized carbons (Fsp3) is 0.375. The van der Waals surface area contributed by atoms with E-state index < -0.39 is 6.61 Å². The molecule has 178 valence electrons. The Morgan fingerprint density at radius 3 is 2.74 bits per heavy atom. The first-order chi connectivity index (χ1) is 16.3. The zero-order valence-corrected chi connectivity index (χ0v) is 18.7. The summed E-state index contributed by atoms with van der Waals surface area (Å²) in [4.78, 5) is 18.8. The summed E-state index contributed by atoms with van der Waals surface area (Å²) in [5.41, 5.74) is 8.74. The number of aromatic nitrogens is 3. The van der Waals surface area contributed by atoms with Gasteiger partial charge in [-0.3, -0.25) is 4.68 Å². The van der Waals surface area contributed by atoms with Crippen LogP contribution in [0.2, 0.25) is 0 Å². The van der Waals surface area contributed by atoms with Crippen LogP contribution in [0.5, 0.6) is 5.75 Å². The summed E-state index contributed by atoms with van der Waals surface area (Å²) in [7, 11) is 0. The molecular formula is C24H26F2N6O2. The molecule has 34 heavy (non-hydrogen) atoms. The second-order valence-corrected chi connectivity index (χ2v) is 8.91. The Kier molecular flexibility index (Phi) is 5.59. The monoisotopic (exact) mass is 468 g/mol. The van der Waals surface area contributed by atoms with Crippen molar-refractivity contribution in [3.05, 3.63) is 59.9 Å². The zero-order chi connectivity index (χ0) is 23.9. The summed E-state index contributed by atoms with van der Waals surface area (Å²) in [6, 6.07) is 13.1. The number of nitrogens with one attached hydrogen (secondary N) is 1. The molecule has 3 N–H and O–H groups in total. The van der Waals surface area contributed by atoms with Crippen molar-refractivity contribution < 1.29 is 18.3 Å². The maximum Gasteiger partial charge on any atom is 0.387 e. The molecule has 0 bridgehead atoms. The van der Waals surface area contributed by atoms with Crippen molar-refractivity contribution in [2.75, 3.05) is 18.8 Å². The molecule has 2 amide bonds. The minimum Gasteiger partial charge on any atom is -0.431 e. The molecule has 1 aromatic carbocycles. The molecule has 8 nitrogen and oxygen atoms in total. The van der Waals surface area contributed by atoms with Crippen LogP contribution in [0.25, 0.3) is 11.3 Å². The van der Waals surface area contributed by atoms with Gasteiger partial charge in [0, 0.05) is 42.5 Å². The highest BCUT2D eigenvalue weighted by Crippen LogP contribution is 2.44. The minimum atomic E-state index is -2.99. The highest BCUT2D eigenvalue weighted by atomic mass is 19.3. The SMILES string of the molecule is C[C@@H](NC(=O)N1CCC2(CCn3nc(-c4cnc(N)c(OC(F)F)c4)cc32)C1)c1ccccc1. The summed E-state index contributed by atoms with van der Waals surface area (Å²) in [6.45, 7) is 0.973. The van der Waals surface area contributed by atoms with E-state index in [4.69, 9.17) is 5.73 Å². The Balaban J connectivity index is 1.32. The van der Waals surface area contributed by atoms with Crippen molar-refractivity contribution in [1.29, 1.82) is 0 Å². The van der Waals surface area contributed by atoms with Crippen LogP contribution in [-0.4, -0.2) is 45.4 Å². The fourth-order valence-corrected chi connectivity index (χ4v) is 4.95. The lowest BCUT2D eigenvalue weighted by atomic mass is 9.82. The minimum absolute atomic E-state index is 0.0806. The number of fused-ring (bicyclic) bond motifs is 2. The number of aryl methyl sites for hydroxylation is 1. The lowest BCUT2D eigenvalue weighted by Gasteiger charge is -2.25. The van der Waals surface area contributed by atoms with Crippen molar-refractivity contribution in [3.63, 3.8) is 0 Å². The van der Waals surface area contributed by atoms with Gasteiger partial charge in [-0.2, -0.15) is 13.9 Å². The molecule has 1 fully saturated rings. The molecule has 5 rings (SSSR count). The van der Waals surface area contributed by atoms with Gasteiger partial charge in [0.15, 0.2) is 11.6 Å². The summed E-state index contributed by atoms with van der Waals surface area (Å²) in [6.07, 6.45) is 3.23. The van der Waals surface area contributed by atoms with Crippen LogP contribution in [0.3, 0.4) is 0 Å². The first kappa shape index (κ1) is 22.1. The van der Waals surface area contributed by atoms with E-state index in [2.05, 4.69) is 20.1 Å². The molecule has 2 aliphatic heterocycles. The van der Waals surface area contributed by atoms with Crippen LogP contribution in [0.1, 0.15) is 37.1 Å². The van der Waals surface area contributed by atoms with E-state index in [9.17, 15) is 13.6 Å². The lowest BCUT2D eigenvalue weighted by Crippen LogP contribution is -2.41. The van der Waals surface area contributed by atoms with Crippen LogP contribution in [0, 0.1) is 0 Å². The van der Waals surface area contributed by atoms with Crippen LogP contribution in [-0.2, 0) is 12.0 Å². The predicted molar refractivity (Wildman–Crippen MR) is 122 cm³/mol. The summed E-state index contributed by atoms with van der Waals surface area (Å²) < 4.78 is 31.8. The van der Waals surface area contributed by atoms with Gasteiger partial charge in [0.25, 0.3) is 0 Å². The van der Waals surface area contributed by atoms with E-state index in [1.165, 1.54) is 12.3 Å². The Morgan fingerprint density at radius 1 is 1.21 bits per heavy atom. The maximum atomic E-state index is 13.0. The van der Waals surface area contributed by atoms with E-state index in [0.29, 0.717) is 24.3 Å². The van der Waals surface area contributed by atoms with E-state index in [1.807, 2.05) is 52.9 Å². The van der Waals surface area contributed by atoms with Gasteiger partial charge in [-0.15, -0.1) is 0 Å². The van der Waals surface area contributed by atoms with Gasteiger partial charge >= 0.3 is 12.6 Å². The topological polar surface area (TPSA) is 98.3 Å². The highest BCUT2D eigenvalue weighted by molar-refractivity contribution is 5.75. The standard InChI is InChI=1S/C24H26F2N6O2/c1-15(16-5-3-2-4-6-16)29-23(33)31-9-7-24(14-31)8-10-32-20(24)12-18(30-32)17-11-19(34-22(25)26)21(27)28-13-17/h2-6,11-13,15,22H,7-10,14H2,1H3,(H2,27,28)(H,29,33)/t15-,24?/m1/s1. The average molecular weight is 469 g/mol. The molecule has 0 radical (unpaired) electrons. The van der Waals surface area contributed by atoms with Crippen LogP contribution >= 0.6 is 0 Å². The van der Waals surface area contributed by atoms with Crippen LogP contribution in [0.15, 0.2) is 48.7 Å². The highest BCUT2D eigenvalue weighted by Gasteiger charge is 2.47.